The first kappa shape index (κ1) is 18.2. The van der Waals surface area contributed by atoms with Gasteiger partial charge in [-0.1, -0.05) is 78.6 Å². The minimum Gasteiger partial charge on any atom is -0.420 e. The van der Waals surface area contributed by atoms with E-state index in [2.05, 4.69) is 20.8 Å². The minimum absolute atomic E-state index is 1.30. The van der Waals surface area contributed by atoms with Gasteiger partial charge < -0.3 is 4.43 Å². The van der Waals surface area contributed by atoms with Crippen LogP contribution in [-0.4, -0.2) is 15.4 Å². The highest BCUT2D eigenvalue weighted by Gasteiger charge is 2.29. The summed E-state index contributed by atoms with van der Waals surface area (Å²) in [5.74, 6) is 0. The Morgan fingerprint density at radius 2 is 1.22 bits per heavy atom. The van der Waals surface area contributed by atoms with Gasteiger partial charge in [0, 0.05) is 7.11 Å². The Kier molecular flexibility index (Phi) is 12.3. The molecule has 0 N–H and O–H groups in total. The minimum atomic E-state index is -1.32. The van der Waals surface area contributed by atoms with E-state index in [0.29, 0.717) is 0 Å². The molecule has 0 aromatic carbocycles. The Bertz CT molecular complexity index is 166. The van der Waals surface area contributed by atoms with E-state index in [-0.39, 0.29) is 0 Å². The van der Waals surface area contributed by atoms with E-state index >= 15 is 0 Å². The molecule has 0 bridgehead atoms. The zero-order valence-corrected chi connectivity index (χ0v) is 14.4. The molecular formula is C16H36OSi. The summed E-state index contributed by atoms with van der Waals surface area (Å²) in [4.78, 5) is 0. The highest BCUT2D eigenvalue weighted by molar-refractivity contribution is 6.73. The van der Waals surface area contributed by atoms with Gasteiger partial charge in [-0.2, -0.15) is 0 Å². The summed E-state index contributed by atoms with van der Waals surface area (Å²) in [5.41, 5.74) is 0. The van der Waals surface area contributed by atoms with Crippen molar-refractivity contribution in [2.45, 2.75) is 96.7 Å². The molecule has 0 aliphatic heterocycles. The van der Waals surface area contributed by atoms with E-state index in [1.807, 2.05) is 7.11 Å². The van der Waals surface area contributed by atoms with Gasteiger partial charge in [-0.05, 0) is 18.1 Å². The van der Waals surface area contributed by atoms with E-state index < -0.39 is 8.32 Å². The molecule has 1 atom stereocenters. The molecule has 0 saturated heterocycles. The molecule has 0 aliphatic rings. The summed E-state index contributed by atoms with van der Waals surface area (Å²) in [6.45, 7) is 6.91. The number of hydrogen-bond donors (Lipinski definition) is 0. The fourth-order valence-corrected chi connectivity index (χ4v) is 6.32. The molecule has 0 fully saturated rings. The molecule has 1 unspecified atom stereocenters. The van der Waals surface area contributed by atoms with Gasteiger partial charge in [0.25, 0.3) is 0 Å². The van der Waals surface area contributed by atoms with Gasteiger partial charge in [-0.25, -0.2) is 0 Å². The molecule has 0 aromatic rings. The van der Waals surface area contributed by atoms with E-state index in [1.165, 1.54) is 75.9 Å². The van der Waals surface area contributed by atoms with Crippen LogP contribution in [0, 0.1) is 0 Å². The second kappa shape index (κ2) is 12.2. The largest absolute Gasteiger partial charge is 0.420 e. The van der Waals surface area contributed by atoms with Crippen molar-refractivity contribution in [3.63, 3.8) is 0 Å². The van der Waals surface area contributed by atoms with Gasteiger partial charge in [0.2, 0.25) is 0 Å². The standard InChI is InChI=1S/C16H36OSi/c1-5-8-9-10-11-12-13-14-16-18(7-3,17-4)15-6-2/h5-16H2,1-4H3. The second-order valence-corrected chi connectivity index (χ2v) is 10.2. The van der Waals surface area contributed by atoms with Gasteiger partial charge >= 0.3 is 0 Å². The van der Waals surface area contributed by atoms with Gasteiger partial charge in [0.15, 0.2) is 8.32 Å². The fourth-order valence-electron chi connectivity index (χ4n) is 2.86. The third kappa shape index (κ3) is 8.31. The molecular weight excluding hydrogens is 236 g/mol. The zero-order valence-electron chi connectivity index (χ0n) is 13.4. The zero-order chi connectivity index (χ0) is 13.7. The lowest BCUT2D eigenvalue weighted by molar-refractivity contribution is 0.386. The van der Waals surface area contributed by atoms with Crippen molar-refractivity contribution >= 4 is 8.32 Å². The monoisotopic (exact) mass is 272 g/mol. The van der Waals surface area contributed by atoms with Crippen LogP contribution in [0.2, 0.25) is 18.1 Å². The van der Waals surface area contributed by atoms with E-state index in [9.17, 15) is 0 Å². The predicted octanol–water partition coefficient (Wildman–Crippen LogP) is 6.15. The molecule has 0 aromatic heterocycles. The molecule has 0 heterocycles. The van der Waals surface area contributed by atoms with Crippen LogP contribution in [0.25, 0.3) is 0 Å². The highest BCUT2D eigenvalue weighted by Crippen LogP contribution is 2.26. The smallest absolute Gasteiger partial charge is 0.191 e. The van der Waals surface area contributed by atoms with E-state index in [1.54, 1.807) is 0 Å². The van der Waals surface area contributed by atoms with Crippen LogP contribution in [0.3, 0.4) is 0 Å². The van der Waals surface area contributed by atoms with Crippen LogP contribution in [0.15, 0.2) is 0 Å². The fraction of sp³-hybridized carbons (Fsp3) is 1.00. The van der Waals surface area contributed by atoms with Crippen LogP contribution in [0.1, 0.15) is 78.6 Å². The van der Waals surface area contributed by atoms with Crippen LogP contribution in [-0.2, 0) is 4.43 Å². The summed E-state index contributed by atoms with van der Waals surface area (Å²) >= 11 is 0. The molecule has 110 valence electrons. The first-order valence-electron chi connectivity index (χ1n) is 8.29. The highest BCUT2D eigenvalue weighted by atomic mass is 28.4. The summed E-state index contributed by atoms with van der Waals surface area (Å²) in [7, 11) is 0.630. The maximum absolute atomic E-state index is 5.93. The quantitative estimate of drug-likeness (QED) is 0.289. The van der Waals surface area contributed by atoms with Crippen LogP contribution < -0.4 is 0 Å². The summed E-state index contributed by atoms with van der Waals surface area (Å²) in [5, 5.41) is 0. The Hall–Kier alpha value is 0.177. The Balaban J connectivity index is 3.55. The molecule has 0 spiro atoms. The molecule has 0 aliphatic carbocycles. The van der Waals surface area contributed by atoms with Crippen molar-refractivity contribution in [1.82, 2.24) is 0 Å². The SMILES string of the molecule is CCCCCCCCCC[Si](CC)(CCC)OC. The van der Waals surface area contributed by atoms with Crippen molar-refractivity contribution in [2.24, 2.45) is 0 Å². The van der Waals surface area contributed by atoms with Crippen LogP contribution in [0.4, 0.5) is 0 Å². The lowest BCUT2D eigenvalue weighted by Gasteiger charge is -2.28. The number of unbranched alkanes of at least 4 members (excludes halogenated alkanes) is 7. The Morgan fingerprint density at radius 3 is 1.67 bits per heavy atom. The maximum atomic E-state index is 5.93. The maximum Gasteiger partial charge on any atom is 0.191 e. The average Bonchev–Trinajstić information content (AvgIpc) is 2.40. The topological polar surface area (TPSA) is 9.23 Å². The van der Waals surface area contributed by atoms with Crippen molar-refractivity contribution in [2.75, 3.05) is 7.11 Å². The summed E-state index contributed by atoms with van der Waals surface area (Å²) in [6, 6.07) is 4.05. The Labute approximate surface area is 117 Å². The molecule has 0 rings (SSSR count). The number of hydrogen-bond acceptors (Lipinski definition) is 1. The van der Waals surface area contributed by atoms with Gasteiger partial charge in [-0.3, -0.25) is 0 Å². The lowest BCUT2D eigenvalue weighted by Crippen LogP contribution is -2.35. The lowest BCUT2D eigenvalue weighted by atomic mass is 10.1. The van der Waals surface area contributed by atoms with Crippen LogP contribution >= 0.6 is 0 Å². The summed E-state index contributed by atoms with van der Waals surface area (Å²) < 4.78 is 5.93. The number of rotatable bonds is 13. The van der Waals surface area contributed by atoms with Crippen molar-refractivity contribution < 1.29 is 4.43 Å². The third-order valence-electron chi connectivity index (χ3n) is 4.27. The third-order valence-corrected chi connectivity index (χ3v) is 9.10. The van der Waals surface area contributed by atoms with Crippen molar-refractivity contribution in [1.29, 1.82) is 0 Å². The van der Waals surface area contributed by atoms with Gasteiger partial charge in [0.05, 0.1) is 0 Å². The van der Waals surface area contributed by atoms with E-state index in [4.69, 9.17) is 4.43 Å². The van der Waals surface area contributed by atoms with Gasteiger partial charge in [-0.15, -0.1) is 0 Å². The second-order valence-electron chi connectivity index (χ2n) is 5.72. The Morgan fingerprint density at radius 1 is 0.667 bits per heavy atom. The molecule has 0 radical (unpaired) electrons. The molecule has 2 heteroatoms. The van der Waals surface area contributed by atoms with E-state index in [0.717, 1.165) is 0 Å². The van der Waals surface area contributed by atoms with Crippen molar-refractivity contribution in [3.8, 4) is 0 Å². The molecule has 0 saturated carbocycles. The average molecular weight is 273 g/mol. The first-order chi connectivity index (χ1) is 8.74. The summed E-state index contributed by atoms with van der Waals surface area (Å²) in [6.07, 6.45) is 12.7. The normalized spacial score (nSPS) is 14.7. The van der Waals surface area contributed by atoms with Crippen molar-refractivity contribution in [3.05, 3.63) is 0 Å². The van der Waals surface area contributed by atoms with Crippen LogP contribution in [0.5, 0.6) is 0 Å². The molecule has 1 nitrogen and oxygen atoms in total. The molecule has 18 heavy (non-hydrogen) atoms. The molecule has 0 amide bonds. The predicted molar refractivity (Wildman–Crippen MR) is 85.8 cm³/mol. The van der Waals surface area contributed by atoms with Gasteiger partial charge in [0.1, 0.15) is 0 Å². The first-order valence-corrected chi connectivity index (χ1v) is 10.8.